The molecule has 2 aromatic rings. The SMILES string of the molecule is COc1ccccc1N1CCN2c3ccc([N+](=O)[O-])cc3C[C@H](C(=O)N3C[C@H](C)O[C@@H](C)C3)[C@H]2C1. The van der Waals surface area contributed by atoms with Crippen LogP contribution in [0.5, 0.6) is 5.75 Å². The first-order valence-electron chi connectivity index (χ1n) is 12.2. The predicted octanol–water partition coefficient (Wildman–Crippen LogP) is 3.11. The molecule has 3 heterocycles. The zero-order valence-electron chi connectivity index (χ0n) is 20.4. The Hall–Kier alpha value is -3.33. The highest BCUT2D eigenvalue weighted by Gasteiger charge is 2.44. The largest absolute Gasteiger partial charge is 0.495 e. The second kappa shape index (κ2) is 9.37. The van der Waals surface area contributed by atoms with E-state index in [2.05, 4.69) is 15.9 Å². The van der Waals surface area contributed by atoms with Gasteiger partial charge in [-0.1, -0.05) is 12.1 Å². The van der Waals surface area contributed by atoms with E-state index in [0.717, 1.165) is 29.2 Å². The fourth-order valence-corrected chi connectivity index (χ4v) is 5.91. The zero-order valence-corrected chi connectivity index (χ0v) is 20.4. The summed E-state index contributed by atoms with van der Waals surface area (Å²) in [7, 11) is 1.67. The van der Waals surface area contributed by atoms with Gasteiger partial charge in [-0.05, 0) is 44.0 Å². The van der Waals surface area contributed by atoms with Crippen molar-refractivity contribution >= 4 is 23.0 Å². The number of methoxy groups -OCH3 is 1. The van der Waals surface area contributed by atoms with Gasteiger partial charge in [0.05, 0.1) is 41.9 Å². The minimum Gasteiger partial charge on any atom is -0.495 e. The number of anilines is 2. The molecule has 3 aliphatic rings. The number of para-hydroxylation sites is 2. The molecule has 3 aliphatic heterocycles. The van der Waals surface area contributed by atoms with Gasteiger partial charge in [-0.2, -0.15) is 0 Å². The van der Waals surface area contributed by atoms with Crippen molar-refractivity contribution < 1.29 is 19.2 Å². The number of nitrogens with zero attached hydrogens (tertiary/aromatic N) is 4. The summed E-state index contributed by atoms with van der Waals surface area (Å²) in [5, 5.41) is 11.4. The molecule has 186 valence electrons. The molecular formula is C26H32N4O5. The van der Waals surface area contributed by atoms with Crippen LogP contribution in [-0.4, -0.2) is 73.8 Å². The smallest absolute Gasteiger partial charge is 0.269 e. The molecule has 9 heteroatoms. The third kappa shape index (κ3) is 4.40. The van der Waals surface area contributed by atoms with E-state index >= 15 is 0 Å². The van der Waals surface area contributed by atoms with Crippen LogP contribution in [0.3, 0.4) is 0 Å². The Morgan fingerprint density at radius 1 is 1.06 bits per heavy atom. The Balaban J connectivity index is 1.50. The molecule has 2 aromatic carbocycles. The van der Waals surface area contributed by atoms with Crippen LogP contribution in [0, 0.1) is 16.0 Å². The normalized spacial score (nSPS) is 26.1. The summed E-state index contributed by atoms with van der Waals surface area (Å²) in [6.07, 6.45) is 0.441. The lowest BCUT2D eigenvalue weighted by Crippen LogP contribution is -2.62. The third-order valence-electron chi connectivity index (χ3n) is 7.38. The highest BCUT2D eigenvalue weighted by molar-refractivity contribution is 5.83. The topological polar surface area (TPSA) is 88.4 Å². The van der Waals surface area contributed by atoms with Crippen molar-refractivity contribution in [2.75, 3.05) is 49.6 Å². The summed E-state index contributed by atoms with van der Waals surface area (Å²) in [6.45, 7) is 7.25. The van der Waals surface area contributed by atoms with Crippen LogP contribution in [-0.2, 0) is 16.0 Å². The third-order valence-corrected chi connectivity index (χ3v) is 7.38. The molecule has 35 heavy (non-hydrogen) atoms. The van der Waals surface area contributed by atoms with Gasteiger partial charge in [-0.25, -0.2) is 0 Å². The Morgan fingerprint density at radius 2 is 1.80 bits per heavy atom. The van der Waals surface area contributed by atoms with Crippen LogP contribution in [0.1, 0.15) is 19.4 Å². The molecule has 0 bridgehead atoms. The van der Waals surface area contributed by atoms with Gasteiger partial charge in [0.1, 0.15) is 5.75 Å². The highest BCUT2D eigenvalue weighted by atomic mass is 16.6. The Kier molecular flexibility index (Phi) is 6.27. The van der Waals surface area contributed by atoms with Crippen molar-refractivity contribution in [3.05, 3.63) is 58.1 Å². The molecule has 9 nitrogen and oxygen atoms in total. The van der Waals surface area contributed by atoms with E-state index in [4.69, 9.17) is 9.47 Å². The number of carbonyl (C=O) groups excluding carboxylic acids is 1. The fraction of sp³-hybridized carbons (Fsp3) is 0.500. The summed E-state index contributed by atoms with van der Waals surface area (Å²) < 4.78 is 11.5. The average Bonchev–Trinajstić information content (AvgIpc) is 2.86. The minimum atomic E-state index is -0.367. The summed E-state index contributed by atoms with van der Waals surface area (Å²) in [4.78, 5) is 31.5. The molecule has 0 saturated carbocycles. The first-order valence-corrected chi connectivity index (χ1v) is 12.2. The van der Waals surface area contributed by atoms with E-state index < -0.39 is 0 Å². The molecule has 2 saturated heterocycles. The summed E-state index contributed by atoms with van der Waals surface area (Å²) >= 11 is 0. The van der Waals surface area contributed by atoms with Crippen LogP contribution in [0.4, 0.5) is 17.1 Å². The lowest BCUT2D eigenvalue weighted by atomic mass is 9.82. The van der Waals surface area contributed by atoms with Crippen LogP contribution in [0.2, 0.25) is 0 Å². The number of rotatable bonds is 4. The molecule has 0 spiro atoms. The van der Waals surface area contributed by atoms with Gasteiger partial charge in [0.25, 0.3) is 5.69 Å². The van der Waals surface area contributed by atoms with Gasteiger partial charge in [-0.3, -0.25) is 14.9 Å². The molecule has 0 radical (unpaired) electrons. The van der Waals surface area contributed by atoms with Gasteiger partial charge in [0.15, 0.2) is 0 Å². The fourth-order valence-electron chi connectivity index (χ4n) is 5.91. The highest BCUT2D eigenvalue weighted by Crippen LogP contribution is 2.40. The first-order chi connectivity index (χ1) is 16.9. The Labute approximate surface area is 205 Å². The van der Waals surface area contributed by atoms with E-state index in [1.807, 2.05) is 43.0 Å². The lowest BCUT2D eigenvalue weighted by Gasteiger charge is -2.50. The number of nitro groups is 1. The number of hydrogen-bond donors (Lipinski definition) is 0. The zero-order chi connectivity index (χ0) is 24.7. The van der Waals surface area contributed by atoms with Crippen LogP contribution in [0.25, 0.3) is 0 Å². The van der Waals surface area contributed by atoms with Crippen molar-refractivity contribution in [3.63, 3.8) is 0 Å². The molecule has 1 amide bonds. The van der Waals surface area contributed by atoms with Crippen LogP contribution < -0.4 is 14.5 Å². The number of ether oxygens (including phenoxy) is 2. The molecule has 0 aromatic heterocycles. The van der Waals surface area contributed by atoms with E-state index in [0.29, 0.717) is 32.6 Å². The van der Waals surface area contributed by atoms with Gasteiger partial charge >= 0.3 is 0 Å². The molecule has 5 rings (SSSR count). The summed E-state index contributed by atoms with van der Waals surface area (Å²) in [6, 6.07) is 13.0. The second-order valence-corrected chi connectivity index (χ2v) is 9.76. The molecular weight excluding hydrogens is 448 g/mol. The number of amides is 1. The van der Waals surface area contributed by atoms with Gasteiger partial charge in [0.2, 0.25) is 5.91 Å². The van der Waals surface area contributed by atoms with Crippen molar-refractivity contribution in [2.24, 2.45) is 5.92 Å². The van der Waals surface area contributed by atoms with Gasteiger partial charge < -0.3 is 24.2 Å². The van der Waals surface area contributed by atoms with Crippen LogP contribution >= 0.6 is 0 Å². The van der Waals surface area contributed by atoms with Crippen LogP contribution in [0.15, 0.2) is 42.5 Å². The Morgan fingerprint density at radius 3 is 2.51 bits per heavy atom. The second-order valence-electron chi connectivity index (χ2n) is 9.76. The number of nitro benzene ring substituents is 1. The van der Waals surface area contributed by atoms with Gasteiger partial charge in [0, 0.05) is 50.5 Å². The molecule has 0 N–H and O–H groups in total. The minimum absolute atomic E-state index is 0.0211. The summed E-state index contributed by atoms with van der Waals surface area (Å²) in [5.74, 6) is 0.604. The maximum Gasteiger partial charge on any atom is 0.269 e. The van der Waals surface area contributed by atoms with E-state index in [-0.39, 0.29) is 40.7 Å². The number of carbonyl (C=O) groups is 1. The number of non-ortho nitro benzene ring substituents is 1. The predicted molar refractivity (Wildman–Crippen MR) is 133 cm³/mol. The van der Waals surface area contributed by atoms with E-state index in [1.165, 1.54) is 0 Å². The van der Waals surface area contributed by atoms with Crippen molar-refractivity contribution in [2.45, 2.75) is 38.5 Å². The average molecular weight is 481 g/mol. The lowest BCUT2D eigenvalue weighted by molar-refractivity contribution is -0.384. The standard InChI is InChI=1S/C26H32N4O5/c1-17-14-28(15-18(2)35-17)26(31)21-13-19-12-20(30(32)33)8-9-22(19)29-11-10-27(16-24(21)29)23-6-4-5-7-25(23)34-3/h4-9,12,17-18,21,24H,10-11,13-16H2,1-3H3/t17-,18-,21-,24+/m0/s1. The monoisotopic (exact) mass is 480 g/mol. The molecule has 2 fully saturated rings. The summed E-state index contributed by atoms with van der Waals surface area (Å²) in [5.41, 5.74) is 2.94. The number of benzene rings is 2. The van der Waals surface area contributed by atoms with E-state index in [9.17, 15) is 14.9 Å². The van der Waals surface area contributed by atoms with Crippen molar-refractivity contribution in [1.82, 2.24) is 4.90 Å². The van der Waals surface area contributed by atoms with E-state index in [1.54, 1.807) is 19.2 Å². The molecule has 0 aliphatic carbocycles. The van der Waals surface area contributed by atoms with Crippen molar-refractivity contribution in [3.8, 4) is 5.75 Å². The molecule has 4 atom stereocenters. The Bertz CT molecular complexity index is 1110. The van der Waals surface area contributed by atoms with Gasteiger partial charge in [-0.15, -0.1) is 0 Å². The maximum absolute atomic E-state index is 14.0. The van der Waals surface area contributed by atoms with Crippen molar-refractivity contribution in [1.29, 1.82) is 0 Å². The number of morpholine rings is 1. The maximum atomic E-state index is 14.0. The number of hydrogen-bond acceptors (Lipinski definition) is 7. The quantitative estimate of drug-likeness (QED) is 0.491. The number of piperazine rings is 1. The first kappa shape index (κ1) is 23.4. The number of fused-ring (bicyclic) bond motifs is 3. The molecule has 0 unspecified atom stereocenters.